The first-order valence-corrected chi connectivity index (χ1v) is 7.61. The van der Waals surface area contributed by atoms with Gasteiger partial charge >= 0.3 is 6.03 Å². The minimum atomic E-state index is -0.368. The van der Waals surface area contributed by atoms with Crippen LogP contribution < -0.4 is 10.6 Å². The number of benzene rings is 2. The maximum atomic E-state index is 13.0. The van der Waals surface area contributed by atoms with E-state index in [0.29, 0.717) is 0 Å². The van der Waals surface area contributed by atoms with E-state index in [1.807, 2.05) is 13.0 Å². The fourth-order valence-corrected chi connectivity index (χ4v) is 2.33. The highest BCUT2D eigenvalue weighted by Crippen LogP contribution is 2.18. The number of amides is 2. The van der Waals surface area contributed by atoms with Crippen LogP contribution in [0.15, 0.2) is 48.5 Å². The van der Waals surface area contributed by atoms with Gasteiger partial charge in [-0.1, -0.05) is 24.3 Å². The second-order valence-corrected chi connectivity index (χ2v) is 5.45. The number of rotatable bonds is 6. The average Bonchev–Trinajstić information content (AvgIpc) is 2.57. The summed E-state index contributed by atoms with van der Waals surface area (Å²) in [6, 6.07) is 12.0. The first-order valence-electron chi connectivity index (χ1n) is 7.61. The summed E-state index contributed by atoms with van der Waals surface area (Å²) in [4.78, 5) is 12.0. The van der Waals surface area contributed by atoms with E-state index in [1.54, 1.807) is 30.3 Å². The molecule has 128 valence electrons. The van der Waals surface area contributed by atoms with E-state index in [9.17, 15) is 14.3 Å². The van der Waals surface area contributed by atoms with Gasteiger partial charge in [-0.3, -0.25) is 0 Å². The Morgan fingerprint density at radius 1 is 1.21 bits per heavy atom. The summed E-state index contributed by atoms with van der Waals surface area (Å²) in [6.45, 7) is 2.07. The van der Waals surface area contributed by atoms with Gasteiger partial charge in [-0.25, -0.2) is 9.18 Å². The molecule has 0 radical (unpaired) electrons. The number of carbonyl (C=O) groups excluding carboxylic acids is 1. The maximum Gasteiger partial charge on any atom is 0.315 e. The number of hydrogen-bond acceptors (Lipinski definition) is 3. The van der Waals surface area contributed by atoms with Crippen molar-refractivity contribution < 1.29 is 19.0 Å². The van der Waals surface area contributed by atoms with Crippen molar-refractivity contribution in [3.05, 3.63) is 65.5 Å². The summed E-state index contributed by atoms with van der Waals surface area (Å²) >= 11 is 0. The van der Waals surface area contributed by atoms with Crippen LogP contribution in [0.4, 0.5) is 9.18 Å². The third-order valence-corrected chi connectivity index (χ3v) is 3.69. The van der Waals surface area contributed by atoms with Crippen molar-refractivity contribution in [2.45, 2.75) is 19.1 Å². The minimum Gasteiger partial charge on any atom is -0.508 e. The summed E-state index contributed by atoms with van der Waals surface area (Å²) < 4.78 is 18.3. The Bertz CT molecular complexity index is 676. The van der Waals surface area contributed by atoms with E-state index in [1.165, 1.54) is 19.2 Å². The highest BCUT2D eigenvalue weighted by Gasteiger charge is 2.14. The number of aromatic hydroxyl groups is 1. The molecule has 0 saturated heterocycles. The standard InChI is InChI=1S/C18H21FN2O3/c1-12(14-4-3-5-16(22)10-14)21-18(23)20-11-17(24-2)13-6-8-15(19)9-7-13/h3-10,12,17,22H,11H2,1-2H3,(H2,20,21,23)/t12-,17-/m0/s1. The number of nitrogens with one attached hydrogen (secondary N) is 2. The molecule has 2 aromatic carbocycles. The Morgan fingerprint density at radius 3 is 2.54 bits per heavy atom. The summed E-state index contributed by atoms with van der Waals surface area (Å²) in [5, 5.41) is 15.0. The number of urea groups is 1. The van der Waals surface area contributed by atoms with Crippen LogP contribution >= 0.6 is 0 Å². The monoisotopic (exact) mass is 332 g/mol. The Kier molecular flexibility index (Phi) is 6.14. The highest BCUT2D eigenvalue weighted by atomic mass is 19.1. The van der Waals surface area contributed by atoms with Gasteiger partial charge in [-0.15, -0.1) is 0 Å². The quantitative estimate of drug-likeness (QED) is 0.760. The summed E-state index contributed by atoms with van der Waals surface area (Å²) in [5.41, 5.74) is 1.58. The highest BCUT2D eigenvalue weighted by molar-refractivity contribution is 5.74. The zero-order valence-electron chi connectivity index (χ0n) is 13.6. The number of methoxy groups -OCH3 is 1. The Morgan fingerprint density at radius 2 is 1.92 bits per heavy atom. The average molecular weight is 332 g/mol. The molecular formula is C18H21FN2O3. The lowest BCUT2D eigenvalue weighted by molar-refractivity contribution is 0.104. The van der Waals surface area contributed by atoms with Gasteiger partial charge in [0, 0.05) is 13.7 Å². The largest absolute Gasteiger partial charge is 0.508 e. The maximum absolute atomic E-state index is 13.0. The summed E-state index contributed by atoms with van der Waals surface area (Å²) in [7, 11) is 1.53. The van der Waals surface area contributed by atoms with Crippen molar-refractivity contribution in [1.82, 2.24) is 10.6 Å². The van der Waals surface area contributed by atoms with Crippen LogP contribution in [-0.4, -0.2) is 24.8 Å². The van der Waals surface area contributed by atoms with E-state index < -0.39 is 0 Å². The van der Waals surface area contributed by atoms with E-state index in [2.05, 4.69) is 10.6 Å². The lowest BCUT2D eigenvalue weighted by atomic mass is 10.1. The second kappa shape index (κ2) is 8.31. The van der Waals surface area contributed by atoms with Gasteiger partial charge in [0.2, 0.25) is 0 Å². The molecule has 5 nitrogen and oxygen atoms in total. The predicted molar refractivity (Wildman–Crippen MR) is 89.2 cm³/mol. The molecule has 0 bridgehead atoms. The third kappa shape index (κ3) is 4.96. The van der Waals surface area contributed by atoms with Crippen molar-refractivity contribution in [3.63, 3.8) is 0 Å². The van der Waals surface area contributed by atoms with Crippen molar-refractivity contribution in [2.24, 2.45) is 0 Å². The summed E-state index contributed by atoms with van der Waals surface area (Å²) in [5.74, 6) is -0.170. The van der Waals surface area contributed by atoms with Crippen molar-refractivity contribution in [3.8, 4) is 5.75 Å². The molecule has 2 rings (SSSR count). The van der Waals surface area contributed by atoms with Gasteiger partial charge < -0.3 is 20.5 Å². The minimum absolute atomic E-state index is 0.150. The van der Waals surface area contributed by atoms with Crippen molar-refractivity contribution in [1.29, 1.82) is 0 Å². The SMILES string of the molecule is CO[C@@H](CNC(=O)N[C@@H](C)c1cccc(O)c1)c1ccc(F)cc1. The Hall–Kier alpha value is -2.60. The van der Waals surface area contributed by atoms with Crippen LogP contribution in [0, 0.1) is 5.82 Å². The van der Waals surface area contributed by atoms with Gasteiger partial charge in [-0.05, 0) is 42.3 Å². The number of hydrogen-bond donors (Lipinski definition) is 3. The van der Waals surface area contributed by atoms with Crippen molar-refractivity contribution >= 4 is 6.03 Å². The van der Waals surface area contributed by atoms with Crippen LogP contribution in [0.25, 0.3) is 0 Å². The zero-order valence-corrected chi connectivity index (χ0v) is 13.6. The van der Waals surface area contributed by atoms with Gasteiger partial charge in [0.15, 0.2) is 0 Å². The fraction of sp³-hybridized carbons (Fsp3) is 0.278. The molecule has 0 heterocycles. The molecule has 0 fully saturated rings. The third-order valence-electron chi connectivity index (χ3n) is 3.69. The number of halogens is 1. The van der Waals surface area contributed by atoms with E-state index in [4.69, 9.17) is 4.74 Å². The molecule has 2 amide bonds. The molecule has 3 N–H and O–H groups in total. The molecule has 0 aliphatic rings. The molecule has 0 aliphatic heterocycles. The van der Waals surface area contributed by atoms with E-state index in [-0.39, 0.29) is 36.3 Å². The molecule has 24 heavy (non-hydrogen) atoms. The first kappa shape index (κ1) is 17.7. The fourth-order valence-electron chi connectivity index (χ4n) is 2.33. The van der Waals surface area contributed by atoms with Crippen LogP contribution in [0.5, 0.6) is 5.75 Å². The van der Waals surface area contributed by atoms with Crippen LogP contribution in [0.1, 0.15) is 30.2 Å². The number of phenolic OH excluding ortho intramolecular Hbond substituents is 1. The van der Waals surface area contributed by atoms with Crippen LogP contribution in [-0.2, 0) is 4.74 Å². The zero-order chi connectivity index (χ0) is 17.5. The normalized spacial score (nSPS) is 13.1. The van der Waals surface area contributed by atoms with E-state index in [0.717, 1.165) is 11.1 Å². The Balaban J connectivity index is 1.88. The van der Waals surface area contributed by atoms with Gasteiger partial charge in [0.1, 0.15) is 11.6 Å². The molecule has 0 unspecified atom stereocenters. The van der Waals surface area contributed by atoms with Crippen LogP contribution in [0.2, 0.25) is 0 Å². The molecule has 0 saturated carbocycles. The molecule has 0 aliphatic carbocycles. The lowest BCUT2D eigenvalue weighted by Gasteiger charge is -2.19. The second-order valence-electron chi connectivity index (χ2n) is 5.45. The summed E-state index contributed by atoms with van der Waals surface area (Å²) in [6.07, 6.45) is -0.368. The molecule has 6 heteroatoms. The van der Waals surface area contributed by atoms with E-state index >= 15 is 0 Å². The lowest BCUT2D eigenvalue weighted by Crippen LogP contribution is -2.39. The van der Waals surface area contributed by atoms with Gasteiger partial charge in [0.25, 0.3) is 0 Å². The molecule has 0 aromatic heterocycles. The van der Waals surface area contributed by atoms with Gasteiger partial charge in [-0.2, -0.15) is 0 Å². The first-order chi connectivity index (χ1) is 11.5. The van der Waals surface area contributed by atoms with Crippen molar-refractivity contribution in [2.75, 3.05) is 13.7 Å². The Labute approximate surface area is 140 Å². The van der Waals surface area contributed by atoms with Gasteiger partial charge in [0.05, 0.1) is 12.1 Å². The molecular weight excluding hydrogens is 311 g/mol. The number of phenols is 1. The molecule has 2 atom stereocenters. The molecule has 2 aromatic rings. The number of ether oxygens (including phenoxy) is 1. The van der Waals surface area contributed by atoms with Crippen LogP contribution in [0.3, 0.4) is 0 Å². The predicted octanol–water partition coefficient (Wildman–Crippen LogP) is 3.28. The molecule has 0 spiro atoms. The smallest absolute Gasteiger partial charge is 0.315 e. The number of carbonyl (C=O) groups is 1. The topological polar surface area (TPSA) is 70.6 Å².